The van der Waals surface area contributed by atoms with Crippen molar-refractivity contribution in [2.75, 3.05) is 23.3 Å². The summed E-state index contributed by atoms with van der Waals surface area (Å²) in [7, 11) is 0. The van der Waals surface area contributed by atoms with Crippen molar-refractivity contribution in [2.24, 2.45) is 11.8 Å². The molecule has 7 heteroatoms. The van der Waals surface area contributed by atoms with Crippen LogP contribution in [0.4, 0.5) is 11.6 Å². The molecule has 2 N–H and O–H groups in total. The molecule has 0 spiro atoms. The third-order valence-electron chi connectivity index (χ3n) is 5.85. The molecule has 0 aromatic carbocycles. The Bertz CT molecular complexity index is 931. The summed E-state index contributed by atoms with van der Waals surface area (Å²) in [5.41, 5.74) is 0.972. The van der Waals surface area contributed by atoms with Gasteiger partial charge in [-0.05, 0) is 42.9 Å². The second kappa shape index (κ2) is 6.74. The first-order valence-corrected chi connectivity index (χ1v) is 9.43. The highest BCUT2D eigenvalue weighted by Gasteiger charge is 2.42. The summed E-state index contributed by atoms with van der Waals surface area (Å²) in [6.45, 7) is 1.89. The van der Waals surface area contributed by atoms with Gasteiger partial charge in [-0.3, -0.25) is 9.97 Å². The molecule has 7 nitrogen and oxygen atoms in total. The molecule has 4 atom stereocenters. The van der Waals surface area contributed by atoms with Gasteiger partial charge in [-0.1, -0.05) is 0 Å². The Morgan fingerprint density at radius 3 is 2.70 bits per heavy atom. The van der Waals surface area contributed by atoms with E-state index >= 15 is 0 Å². The molecule has 3 aromatic rings. The number of pyridine rings is 2. The van der Waals surface area contributed by atoms with E-state index in [0.29, 0.717) is 11.8 Å². The van der Waals surface area contributed by atoms with Crippen molar-refractivity contribution in [3.05, 3.63) is 49.2 Å². The fourth-order valence-corrected chi connectivity index (χ4v) is 4.56. The third-order valence-corrected chi connectivity index (χ3v) is 5.85. The molecule has 0 amide bonds. The van der Waals surface area contributed by atoms with E-state index < -0.39 is 0 Å². The van der Waals surface area contributed by atoms with E-state index in [1.165, 1.54) is 0 Å². The van der Waals surface area contributed by atoms with E-state index in [2.05, 4.69) is 36.2 Å². The molecule has 2 aliphatic rings. The summed E-state index contributed by atoms with van der Waals surface area (Å²) < 4.78 is 0. The van der Waals surface area contributed by atoms with Gasteiger partial charge in [0.25, 0.3) is 0 Å². The van der Waals surface area contributed by atoms with E-state index in [1.54, 1.807) is 18.6 Å². The quantitative estimate of drug-likeness (QED) is 0.738. The van der Waals surface area contributed by atoms with E-state index in [-0.39, 0.29) is 12.1 Å². The summed E-state index contributed by atoms with van der Waals surface area (Å²) in [5.74, 6) is 2.73. The first kappa shape index (κ1) is 16.4. The number of rotatable bonds is 3. The number of aliphatic hydroxyl groups excluding tert-OH is 1. The zero-order valence-electron chi connectivity index (χ0n) is 14.9. The van der Waals surface area contributed by atoms with Crippen molar-refractivity contribution in [1.82, 2.24) is 19.9 Å². The van der Waals surface area contributed by atoms with Gasteiger partial charge in [-0.25, -0.2) is 9.97 Å². The van der Waals surface area contributed by atoms with Gasteiger partial charge in [0, 0.05) is 43.3 Å². The highest BCUT2D eigenvalue weighted by Crippen LogP contribution is 2.39. The summed E-state index contributed by atoms with van der Waals surface area (Å²) in [4.78, 5) is 19.8. The topological polar surface area (TPSA) is 87.1 Å². The molecule has 1 saturated heterocycles. The van der Waals surface area contributed by atoms with Crippen LogP contribution in [0.15, 0.2) is 49.2 Å². The van der Waals surface area contributed by atoms with Crippen LogP contribution in [0, 0.1) is 11.8 Å². The van der Waals surface area contributed by atoms with Gasteiger partial charge in [0.1, 0.15) is 11.6 Å². The van der Waals surface area contributed by atoms with Crippen LogP contribution in [0.25, 0.3) is 10.9 Å². The Balaban J connectivity index is 1.35. The van der Waals surface area contributed by atoms with E-state index in [0.717, 1.165) is 48.5 Å². The lowest BCUT2D eigenvalue weighted by Gasteiger charge is -2.35. The zero-order valence-corrected chi connectivity index (χ0v) is 14.9. The first-order chi connectivity index (χ1) is 13.3. The smallest absolute Gasteiger partial charge is 0.144 e. The van der Waals surface area contributed by atoms with Gasteiger partial charge >= 0.3 is 0 Å². The maximum absolute atomic E-state index is 10.7. The summed E-state index contributed by atoms with van der Waals surface area (Å²) in [5, 5.41) is 15.1. The second-order valence-corrected chi connectivity index (χ2v) is 7.51. The molecule has 0 radical (unpaired) electrons. The Labute approximate surface area is 157 Å². The first-order valence-electron chi connectivity index (χ1n) is 9.43. The molecular formula is C20H22N6O. The van der Waals surface area contributed by atoms with Crippen LogP contribution in [0.3, 0.4) is 0 Å². The molecule has 1 aliphatic carbocycles. The number of aromatic nitrogens is 4. The highest BCUT2D eigenvalue weighted by atomic mass is 16.3. The second-order valence-electron chi connectivity index (χ2n) is 7.51. The van der Waals surface area contributed by atoms with Crippen molar-refractivity contribution < 1.29 is 5.11 Å². The number of nitrogens with zero attached hydrogens (tertiary/aromatic N) is 5. The molecule has 4 heterocycles. The fraction of sp³-hybridized carbons (Fsp3) is 0.400. The number of fused-ring (bicyclic) bond motifs is 2. The third kappa shape index (κ3) is 3.08. The molecule has 138 valence electrons. The van der Waals surface area contributed by atoms with Gasteiger partial charge in [0.05, 0.1) is 23.9 Å². The molecule has 1 aliphatic heterocycles. The van der Waals surface area contributed by atoms with Gasteiger partial charge in [-0.15, -0.1) is 0 Å². The van der Waals surface area contributed by atoms with Crippen LogP contribution in [0.1, 0.15) is 12.8 Å². The van der Waals surface area contributed by atoms with Crippen molar-refractivity contribution in [3.63, 3.8) is 0 Å². The van der Waals surface area contributed by atoms with Crippen molar-refractivity contribution >= 4 is 22.5 Å². The fourth-order valence-electron chi connectivity index (χ4n) is 4.56. The van der Waals surface area contributed by atoms with Crippen LogP contribution in [0.5, 0.6) is 0 Å². The standard InChI is InChI=1S/C20H22N6O/c27-18-9-14-12-26(20-15-2-1-4-22-16(15)3-5-24-20)11-13(14)8-17(18)25-19-10-21-6-7-23-19/h1-7,10,13-14,17-18,27H,8-9,11-12H2,(H,23,25)/t13-,14+,17-,18-/m1/s1. The van der Waals surface area contributed by atoms with Crippen LogP contribution in [-0.4, -0.2) is 50.3 Å². The molecule has 0 bridgehead atoms. The normalized spacial score (nSPS) is 27.5. The Morgan fingerprint density at radius 1 is 0.963 bits per heavy atom. The largest absolute Gasteiger partial charge is 0.391 e. The number of nitrogens with one attached hydrogen (secondary N) is 1. The lowest BCUT2D eigenvalue weighted by molar-refractivity contribution is 0.0737. The van der Waals surface area contributed by atoms with Gasteiger partial charge in [-0.2, -0.15) is 0 Å². The summed E-state index contributed by atoms with van der Waals surface area (Å²) >= 11 is 0. The van der Waals surface area contributed by atoms with Crippen LogP contribution < -0.4 is 10.2 Å². The minimum Gasteiger partial charge on any atom is -0.391 e. The predicted molar refractivity (Wildman–Crippen MR) is 103 cm³/mol. The van der Waals surface area contributed by atoms with Crippen molar-refractivity contribution in [1.29, 1.82) is 0 Å². The summed E-state index contributed by atoms with van der Waals surface area (Å²) in [6, 6.07) is 6.00. The maximum Gasteiger partial charge on any atom is 0.144 e. The van der Waals surface area contributed by atoms with E-state index in [9.17, 15) is 5.11 Å². The molecular weight excluding hydrogens is 340 g/mol. The van der Waals surface area contributed by atoms with Crippen LogP contribution >= 0.6 is 0 Å². The van der Waals surface area contributed by atoms with E-state index in [4.69, 9.17) is 0 Å². The Morgan fingerprint density at radius 2 is 1.85 bits per heavy atom. The minimum absolute atomic E-state index is 0.00467. The number of anilines is 2. The SMILES string of the molecule is O[C@@H]1C[C@H]2CN(c3nccc4ncccc34)C[C@H]2C[C@H]1Nc1cnccn1. The lowest BCUT2D eigenvalue weighted by Crippen LogP contribution is -2.43. The van der Waals surface area contributed by atoms with Crippen LogP contribution in [0.2, 0.25) is 0 Å². The van der Waals surface area contributed by atoms with Crippen molar-refractivity contribution in [2.45, 2.75) is 25.0 Å². The zero-order chi connectivity index (χ0) is 18.2. The number of hydrogen-bond donors (Lipinski definition) is 2. The average Bonchev–Trinajstić information content (AvgIpc) is 3.11. The predicted octanol–water partition coefficient (Wildman–Crippen LogP) is 2.11. The van der Waals surface area contributed by atoms with Gasteiger partial charge < -0.3 is 15.3 Å². The highest BCUT2D eigenvalue weighted by molar-refractivity contribution is 5.89. The molecule has 5 rings (SSSR count). The number of aliphatic hydroxyl groups is 1. The summed E-state index contributed by atoms with van der Waals surface area (Å²) in [6.07, 6.45) is 10.00. The maximum atomic E-state index is 10.7. The molecule has 3 aromatic heterocycles. The molecule has 2 fully saturated rings. The van der Waals surface area contributed by atoms with E-state index in [1.807, 2.05) is 24.5 Å². The molecule has 0 unspecified atom stereocenters. The number of hydrogen-bond acceptors (Lipinski definition) is 7. The van der Waals surface area contributed by atoms with Gasteiger partial charge in [0.2, 0.25) is 0 Å². The minimum atomic E-state index is -0.379. The molecule has 27 heavy (non-hydrogen) atoms. The van der Waals surface area contributed by atoms with Crippen LogP contribution in [-0.2, 0) is 0 Å². The Kier molecular flexibility index (Phi) is 4.09. The lowest BCUT2D eigenvalue weighted by atomic mass is 9.77. The van der Waals surface area contributed by atoms with Gasteiger partial charge in [0.15, 0.2) is 0 Å². The Hall–Kier alpha value is -2.80. The monoisotopic (exact) mass is 362 g/mol. The van der Waals surface area contributed by atoms with Crippen molar-refractivity contribution in [3.8, 4) is 0 Å². The molecule has 1 saturated carbocycles. The average molecular weight is 362 g/mol.